The van der Waals surface area contributed by atoms with Crippen LogP contribution in [-0.4, -0.2) is 31.3 Å². The molecule has 1 aromatic rings. The number of rotatable bonds is 6. The molecule has 120 valence electrons. The van der Waals surface area contributed by atoms with Gasteiger partial charge in [0.1, 0.15) is 0 Å². The third-order valence-electron chi connectivity index (χ3n) is 2.41. The number of benzene rings is 1. The molecule has 0 fully saturated rings. The molecule has 0 aliphatic heterocycles. The quantitative estimate of drug-likeness (QED) is 0.711. The number of aliphatic hydroxyl groups excluding tert-OH is 1. The number of hydrogen-bond donors (Lipinski definition) is 2. The first-order valence-corrected chi connectivity index (χ1v) is 8.93. The summed E-state index contributed by atoms with van der Waals surface area (Å²) in [6, 6.07) is 2.89. The highest BCUT2D eigenvalue weighted by Gasteiger charge is 2.28. The van der Waals surface area contributed by atoms with Crippen molar-refractivity contribution in [1.29, 1.82) is 0 Å². The van der Waals surface area contributed by atoms with Crippen LogP contribution in [0.3, 0.4) is 0 Å². The predicted octanol–water partition coefficient (Wildman–Crippen LogP) is 2.78. The summed E-state index contributed by atoms with van der Waals surface area (Å²) in [6.07, 6.45) is 0. The maximum atomic E-state index is 12.1. The molecule has 0 saturated carbocycles. The van der Waals surface area contributed by atoms with Crippen molar-refractivity contribution in [3.05, 3.63) is 27.7 Å². The van der Waals surface area contributed by atoms with Gasteiger partial charge in [0.25, 0.3) is 0 Å². The van der Waals surface area contributed by atoms with E-state index in [0.717, 1.165) is 0 Å². The second-order valence-corrected chi connectivity index (χ2v) is 7.76. The molecule has 0 aliphatic carbocycles. The lowest BCUT2D eigenvalue weighted by Gasteiger charge is -2.12. The summed E-state index contributed by atoms with van der Waals surface area (Å²) in [5.74, 6) is -0.418. The van der Waals surface area contributed by atoms with Crippen LogP contribution in [-0.2, 0) is 16.6 Å². The minimum Gasteiger partial charge on any atom is -0.392 e. The van der Waals surface area contributed by atoms with Gasteiger partial charge in [-0.15, -0.1) is 0 Å². The molecule has 0 radical (unpaired) electrons. The molecule has 0 heterocycles. The highest BCUT2D eigenvalue weighted by molar-refractivity contribution is 9.10. The topological polar surface area (TPSA) is 66.4 Å². The van der Waals surface area contributed by atoms with Gasteiger partial charge in [0.2, 0.25) is 10.0 Å². The van der Waals surface area contributed by atoms with Crippen molar-refractivity contribution in [3.63, 3.8) is 0 Å². The summed E-state index contributed by atoms with van der Waals surface area (Å²) in [6.45, 7) is 0.976. The zero-order chi connectivity index (χ0) is 16.3. The third-order valence-corrected chi connectivity index (χ3v) is 5.95. The maximum Gasteiger partial charge on any atom is 0.441 e. The molecular weight excluding hydrogens is 395 g/mol. The van der Waals surface area contributed by atoms with Gasteiger partial charge in [0.15, 0.2) is 0 Å². The van der Waals surface area contributed by atoms with Crippen LogP contribution in [0.15, 0.2) is 21.5 Å². The highest BCUT2D eigenvalue weighted by atomic mass is 79.9. The molecule has 0 aliphatic rings. The first kappa shape index (κ1) is 18.8. The van der Waals surface area contributed by atoms with Crippen LogP contribution in [0, 0.1) is 6.92 Å². The molecule has 0 bridgehead atoms. The van der Waals surface area contributed by atoms with Gasteiger partial charge in [0.05, 0.1) is 11.5 Å². The Hall–Kier alpha value is -0.290. The lowest BCUT2D eigenvalue weighted by molar-refractivity contribution is -0.0327. The molecule has 0 amide bonds. The van der Waals surface area contributed by atoms with E-state index in [0.29, 0.717) is 15.6 Å². The second kappa shape index (κ2) is 7.32. The molecule has 21 heavy (non-hydrogen) atoms. The molecule has 0 aromatic heterocycles. The Labute approximate surface area is 133 Å². The van der Waals surface area contributed by atoms with E-state index in [1.165, 1.54) is 6.07 Å². The van der Waals surface area contributed by atoms with Gasteiger partial charge in [-0.2, -0.15) is 13.2 Å². The fraction of sp³-hybridized carbons (Fsp3) is 0.455. The van der Waals surface area contributed by atoms with Crippen LogP contribution in [0.25, 0.3) is 0 Å². The molecule has 0 unspecified atom stereocenters. The normalized spacial score (nSPS) is 12.7. The van der Waals surface area contributed by atoms with Gasteiger partial charge in [0, 0.05) is 16.8 Å². The van der Waals surface area contributed by atoms with Crippen molar-refractivity contribution in [1.82, 2.24) is 4.72 Å². The molecule has 2 N–H and O–H groups in total. The minimum atomic E-state index is -4.39. The van der Waals surface area contributed by atoms with Crippen molar-refractivity contribution in [3.8, 4) is 0 Å². The van der Waals surface area contributed by atoms with Crippen LogP contribution in [0.1, 0.15) is 11.1 Å². The van der Waals surface area contributed by atoms with Crippen LogP contribution in [0.4, 0.5) is 13.2 Å². The molecule has 10 heteroatoms. The van der Waals surface area contributed by atoms with Crippen LogP contribution >= 0.6 is 27.7 Å². The summed E-state index contributed by atoms with van der Waals surface area (Å²) in [7, 11) is -3.95. The Morgan fingerprint density at radius 3 is 2.52 bits per heavy atom. The zero-order valence-corrected chi connectivity index (χ0v) is 14.1. The standard InChI is InChI=1S/C11H13BrF3NO3S2/c1-7-4-8(6-17)5-9(10(7)12)21(18,19)16-2-3-20-11(13,14)15/h4-5,16-17H,2-3,6H2,1H3. The Balaban J connectivity index is 2.86. The van der Waals surface area contributed by atoms with Gasteiger partial charge >= 0.3 is 5.51 Å². The molecule has 1 rings (SSSR count). The first-order chi connectivity index (χ1) is 9.57. The van der Waals surface area contributed by atoms with Gasteiger partial charge in [-0.1, -0.05) is 6.07 Å². The fourth-order valence-corrected chi connectivity index (χ4v) is 4.18. The number of sulfonamides is 1. The number of hydrogen-bond acceptors (Lipinski definition) is 4. The number of thioether (sulfide) groups is 1. The van der Waals surface area contributed by atoms with Crippen molar-refractivity contribution in [2.75, 3.05) is 12.3 Å². The maximum absolute atomic E-state index is 12.1. The van der Waals surface area contributed by atoms with E-state index in [1.54, 1.807) is 13.0 Å². The van der Waals surface area contributed by atoms with Gasteiger partial charge in [-0.05, 0) is 51.8 Å². The van der Waals surface area contributed by atoms with E-state index < -0.39 is 21.3 Å². The Kier molecular flexibility index (Phi) is 6.54. The smallest absolute Gasteiger partial charge is 0.392 e. The summed E-state index contributed by atoms with van der Waals surface area (Å²) in [4.78, 5) is -0.108. The van der Waals surface area contributed by atoms with Crippen molar-refractivity contribution in [2.24, 2.45) is 0 Å². The Morgan fingerprint density at radius 1 is 1.38 bits per heavy atom. The van der Waals surface area contributed by atoms with Gasteiger partial charge in [-0.25, -0.2) is 13.1 Å². The fourth-order valence-electron chi connectivity index (χ4n) is 1.52. The van der Waals surface area contributed by atoms with Crippen molar-refractivity contribution >= 4 is 37.7 Å². The van der Waals surface area contributed by atoms with E-state index >= 15 is 0 Å². The second-order valence-electron chi connectivity index (χ2n) is 4.07. The Morgan fingerprint density at radius 2 is 2.00 bits per heavy atom. The molecule has 4 nitrogen and oxygen atoms in total. The van der Waals surface area contributed by atoms with E-state index in [-0.39, 0.29) is 29.8 Å². The highest BCUT2D eigenvalue weighted by Crippen LogP contribution is 2.30. The summed E-state index contributed by atoms with van der Waals surface area (Å²) >= 11 is 2.84. The first-order valence-electron chi connectivity index (χ1n) is 5.67. The number of halogens is 4. The summed E-state index contributed by atoms with van der Waals surface area (Å²) in [5, 5.41) is 9.09. The van der Waals surface area contributed by atoms with E-state index in [1.807, 2.05) is 0 Å². The number of aliphatic hydroxyl groups is 1. The number of aryl methyl sites for hydroxylation is 1. The monoisotopic (exact) mass is 407 g/mol. The van der Waals surface area contributed by atoms with Gasteiger partial charge in [-0.3, -0.25) is 0 Å². The lowest BCUT2D eigenvalue weighted by Crippen LogP contribution is -2.27. The molecular formula is C11H13BrF3NO3S2. The predicted molar refractivity (Wildman–Crippen MR) is 78.5 cm³/mol. The molecule has 1 aromatic carbocycles. The summed E-state index contributed by atoms with van der Waals surface area (Å²) in [5.41, 5.74) is -3.38. The number of alkyl halides is 3. The van der Waals surface area contributed by atoms with Gasteiger partial charge < -0.3 is 5.11 Å². The average Bonchev–Trinajstić information content (AvgIpc) is 2.36. The van der Waals surface area contributed by atoms with E-state index in [9.17, 15) is 21.6 Å². The Bertz CT molecular complexity index is 605. The molecule has 0 saturated heterocycles. The third kappa shape index (κ3) is 5.78. The van der Waals surface area contributed by atoms with Crippen LogP contribution in [0.5, 0.6) is 0 Å². The van der Waals surface area contributed by atoms with Crippen molar-refractivity contribution < 1.29 is 26.7 Å². The molecule has 0 spiro atoms. The number of nitrogens with one attached hydrogen (secondary N) is 1. The van der Waals surface area contributed by atoms with Crippen molar-refractivity contribution in [2.45, 2.75) is 23.9 Å². The zero-order valence-electron chi connectivity index (χ0n) is 10.9. The lowest BCUT2D eigenvalue weighted by atomic mass is 10.1. The SMILES string of the molecule is Cc1cc(CO)cc(S(=O)(=O)NCCSC(F)(F)F)c1Br. The van der Waals surface area contributed by atoms with Crippen LogP contribution in [0.2, 0.25) is 0 Å². The average molecular weight is 408 g/mol. The largest absolute Gasteiger partial charge is 0.441 e. The minimum absolute atomic E-state index is 0.108. The van der Waals surface area contributed by atoms with E-state index in [2.05, 4.69) is 20.7 Å². The molecule has 0 atom stereocenters. The summed E-state index contributed by atoms with van der Waals surface area (Å²) < 4.78 is 62.5. The van der Waals surface area contributed by atoms with E-state index in [4.69, 9.17) is 5.11 Å². The van der Waals surface area contributed by atoms with Crippen LogP contribution < -0.4 is 4.72 Å².